The van der Waals surface area contributed by atoms with Gasteiger partial charge in [-0.1, -0.05) is 32.9 Å². The lowest BCUT2D eigenvalue weighted by atomic mass is 9.75. The number of aryl methyl sites for hydroxylation is 1. The summed E-state index contributed by atoms with van der Waals surface area (Å²) in [5, 5.41) is 0. The number of rotatable bonds is 4. The van der Waals surface area contributed by atoms with Crippen molar-refractivity contribution in [2.45, 2.75) is 76.8 Å². The zero-order valence-electron chi connectivity index (χ0n) is 18.0. The maximum absolute atomic E-state index is 13.0. The Kier molecular flexibility index (Phi) is 7.63. The fourth-order valence-electron chi connectivity index (χ4n) is 4.87. The van der Waals surface area contributed by atoms with E-state index in [4.69, 9.17) is 0 Å². The Balaban J connectivity index is 0.00000280. The third-order valence-electron chi connectivity index (χ3n) is 6.83. The van der Waals surface area contributed by atoms with E-state index in [0.29, 0.717) is 16.4 Å². The summed E-state index contributed by atoms with van der Waals surface area (Å²) in [6.45, 7) is 11.3. The van der Waals surface area contributed by atoms with Gasteiger partial charge in [0.1, 0.15) is 0 Å². The molecule has 1 saturated heterocycles. The molecule has 1 aromatic carbocycles. The van der Waals surface area contributed by atoms with E-state index in [-0.39, 0.29) is 18.4 Å². The van der Waals surface area contributed by atoms with E-state index in [1.165, 1.54) is 12.8 Å². The van der Waals surface area contributed by atoms with Gasteiger partial charge in [-0.25, -0.2) is 8.42 Å². The second-order valence-corrected chi connectivity index (χ2v) is 11.6. The van der Waals surface area contributed by atoms with Crippen LogP contribution in [0.25, 0.3) is 0 Å². The lowest BCUT2D eigenvalue weighted by molar-refractivity contribution is 0.0827. The van der Waals surface area contributed by atoms with E-state index in [1.54, 1.807) is 23.5 Å². The SMILES string of the molecule is Cc1cccc(S(=O)(=O)N(C)C2CCC(N3CCC(C(C)(C)C)CC3)C2)c1.Cl. The molecule has 0 aromatic heterocycles. The highest BCUT2D eigenvalue weighted by molar-refractivity contribution is 7.89. The van der Waals surface area contributed by atoms with Crippen LogP contribution in [0, 0.1) is 18.3 Å². The summed E-state index contributed by atoms with van der Waals surface area (Å²) in [5.74, 6) is 0.801. The molecule has 2 aliphatic rings. The van der Waals surface area contributed by atoms with Gasteiger partial charge in [-0.3, -0.25) is 0 Å². The predicted octanol–water partition coefficient (Wildman–Crippen LogP) is 4.72. The predicted molar refractivity (Wildman–Crippen MR) is 119 cm³/mol. The number of halogens is 1. The molecule has 2 fully saturated rings. The van der Waals surface area contributed by atoms with Crippen molar-refractivity contribution in [3.8, 4) is 0 Å². The highest BCUT2D eigenvalue weighted by Gasteiger charge is 2.38. The number of piperidine rings is 1. The first kappa shape index (κ1) is 23.7. The molecule has 3 rings (SSSR count). The quantitative estimate of drug-likeness (QED) is 0.696. The first-order valence-corrected chi connectivity index (χ1v) is 11.8. The average Bonchev–Trinajstić information content (AvgIpc) is 3.10. The lowest BCUT2D eigenvalue weighted by Crippen LogP contribution is -2.44. The normalized spacial score (nSPS) is 25.1. The van der Waals surface area contributed by atoms with Crippen molar-refractivity contribution >= 4 is 22.4 Å². The molecule has 0 spiro atoms. The van der Waals surface area contributed by atoms with Gasteiger partial charge < -0.3 is 4.90 Å². The maximum atomic E-state index is 13.0. The lowest BCUT2D eigenvalue weighted by Gasteiger charge is -2.41. The molecule has 2 unspecified atom stereocenters. The number of likely N-dealkylation sites (tertiary alicyclic amines) is 1. The molecule has 1 saturated carbocycles. The van der Waals surface area contributed by atoms with Gasteiger partial charge in [0.05, 0.1) is 4.90 Å². The molecule has 1 aromatic rings. The van der Waals surface area contributed by atoms with E-state index < -0.39 is 10.0 Å². The summed E-state index contributed by atoms with van der Waals surface area (Å²) in [6, 6.07) is 7.89. The monoisotopic (exact) mass is 428 g/mol. The fourth-order valence-corrected chi connectivity index (χ4v) is 6.37. The highest BCUT2D eigenvalue weighted by atomic mass is 35.5. The van der Waals surface area contributed by atoms with E-state index in [2.05, 4.69) is 25.7 Å². The highest BCUT2D eigenvalue weighted by Crippen LogP contribution is 2.37. The molecule has 0 amide bonds. The van der Waals surface area contributed by atoms with Gasteiger partial charge in [0, 0.05) is 19.1 Å². The topological polar surface area (TPSA) is 40.6 Å². The van der Waals surface area contributed by atoms with Gasteiger partial charge >= 0.3 is 0 Å². The van der Waals surface area contributed by atoms with E-state index >= 15 is 0 Å². The van der Waals surface area contributed by atoms with Gasteiger partial charge in [-0.15, -0.1) is 12.4 Å². The van der Waals surface area contributed by atoms with Crippen molar-refractivity contribution in [2.75, 3.05) is 20.1 Å². The molecule has 0 N–H and O–H groups in total. The summed E-state index contributed by atoms with van der Waals surface area (Å²) in [5.41, 5.74) is 1.38. The first-order valence-electron chi connectivity index (χ1n) is 10.4. The number of sulfonamides is 1. The van der Waals surface area contributed by atoms with Crippen LogP contribution in [0.2, 0.25) is 0 Å². The Labute approximate surface area is 178 Å². The molecular formula is C22H37ClN2O2S. The van der Waals surface area contributed by atoms with Crippen molar-refractivity contribution < 1.29 is 8.42 Å². The molecule has 0 radical (unpaired) electrons. The summed E-state index contributed by atoms with van der Waals surface area (Å²) in [7, 11) is -1.65. The molecular weight excluding hydrogens is 392 g/mol. The molecule has 0 bridgehead atoms. The van der Waals surface area contributed by atoms with Crippen LogP contribution < -0.4 is 0 Å². The Morgan fingerprint density at radius 3 is 2.29 bits per heavy atom. The van der Waals surface area contributed by atoms with Crippen molar-refractivity contribution in [1.82, 2.24) is 9.21 Å². The zero-order chi connectivity index (χ0) is 19.8. The van der Waals surface area contributed by atoms with Crippen LogP contribution in [0.15, 0.2) is 29.2 Å². The van der Waals surface area contributed by atoms with E-state index in [0.717, 1.165) is 43.8 Å². The zero-order valence-corrected chi connectivity index (χ0v) is 19.7. The average molecular weight is 429 g/mol. The fraction of sp³-hybridized carbons (Fsp3) is 0.727. The number of hydrogen-bond donors (Lipinski definition) is 0. The van der Waals surface area contributed by atoms with Crippen molar-refractivity contribution in [3.05, 3.63) is 29.8 Å². The van der Waals surface area contributed by atoms with Gasteiger partial charge in [-0.05, 0) is 81.1 Å². The van der Waals surface area contributed by atoms with Crippen LogP contribution in [-0.2, 0) is 10.0 Å². The van der Waals surface area contributed by atoms with Crippen LogP contribution in [0.3, 0.4) is 0 Å². The minimum atomic E-state index is -3.41. The second-order valence-electron chi connectivity index (χ2n) is 9.63. The third-order valence-corrected chi connectivity index (χ3v) is 8.73. The minimum absolute atomic E-state index is 0. The molecule has 1 heterocycles. The maximum Gasteiger partial charge on any atom is 0.243 e. The molecule has 4 nitrogen and oxygen atoms in total. The summed E-state index contributed by atoms with van der Waals surface area (Å²) < 4.78 is 27.7. The molecule has 1 aliphatic carbocycles. The standard InChI is InChI=1S/C22H36N2O2S.ClH/c1-17-7-6-8-21(15-17)27(25,26)23(5)19-9-10-20(16-19)24-13-11-18(12-14-24)22(2,3)4;/h6-8,15,18-20H,9-14,16H2,1-5H3;1H. The van der Waals surface area contributed by atoms with Crippen LogP contribution >= 0.6 is 12.4 Å². The van der Waals surface area contributed by atoms with Gasteiger partial charge in [0.15, 0.2) is 0 Å². The largest absolute Gasteiger partial charge is 0.300 e. The Morgan fingerprint density at radius 2 is 1.71 bits per heavy atom. The Bertz CT molecular complexity index is 752. The molecule has 2 atom stereocenters. The molecule has 160 valence electrons. The van der Waals surface area contributed by atoms with E-state index in [1.807, 2.05) is 19.1 Å². The summed E-state index contributed by atoms with van der Waals surface area (Å²) in [4.78, 5) is 3.04. The first-order chi connectivity index (χ1) is 12.6. The smallest absolute Gasteiger partial charge is 0.243 e. The van der Waals surface area contributed by atoms with Crippen LogP contribution in [-0.4, -0.2) is 49.8 Å². The summed E-state index contributed by atoms with van der Waals surface area (Å²) in [6.07, 6.45) is 5.57. The van der Waals surface area contributed by atoms with Gasteiger partial charge in [-0.2, -0.15) is 4.31 Å². The minimum Gasteiger partial charge on any atom is -0.300 e. The Hall–Kier alpha value is -0.620. The Morgan fingerprint density at radius 1 is 1.07 bits per heavy atom. The molecule has 28 heavy (non-hydrogen) atoms. The molecule has 1 aliphatic heterocycles. The van der Waals surface area contributed by atoms with Gasteiger partial charge in [0.25, 0.3) is 0 Å². The second kappa shape index (κ2) is 9.03. The van der Waals surface area contributed by atoms with Crippen LogP contribution in [0.4, 0.5) is 0 Å². The number of hydrogen-bond acceptors (Lipinski definition) is 3. The van der Waals surface area contributed by atoms with Crippen LogP contribution in [0.1, 0.15) is 58.4 Å². The third kappa shape index (κ3) is 5.10. The van der Waals surface area contributed by atoms with E-state index in [9.17, 15) is 8.42 Å². The van der Waals surface area contributed by atoms with Gasteiger partial charge in [0.2, 0.25) is 10.0 Å². The number of nitrogens with zero attached hydrogens (tertiary/aromatic N) is 2. The number of benzene rings is 1. The van der Waals surface area contributed by atoms with Crippen LogP contribution in [0.5, 0.6) is 0 Å². The van der Waals surface area contributed by atoms with Crippen molar-refractivity contribution in [1.29, 1.82) is 0 Å². The van der Waals surface area contributed by atoms with Crippen molar-refractivity contribution in [3.63, 3.8) is 0 Å². The van der Waals surface area contributed by atoms with Crippen molar-refractivity contribution in [2.24, 2.45) is 11.3 Å². The summed E-state index contributed by atoms with van der Waals surface area (Å²) >= 11 is 0. The molecule has 6 heteroatoms.